The van der Waals surface area contributed by atoms with E-state index in [1.165, 1.54) is 0 Å². The molecule has 2 aromatic rings. The summed E-state index contributed by atoms with van der Waals surface area (Å²) in [5.41, 5.74) is 0.567. The summed E-state index contributed by atoms with van der Waals surface area (Å²) in [6.07, 6.45) is 1.61. The molecule has 0 aromatic carbocycles. The number of carboxylic acid groups (broad SMARTS) is 1. The van der Waals surface area contributed by atoms with Crippen molar-refractivity contribution >= 4 is 17.7 Å². The van der Waals surface area contributed by atoms with Crippen LogP contribution in [0, 0.1) is 0 Å². The van der Waals surface area contributed by atoms with Crippen LogP contribution in [0.3, 0.4) is 0 Å². The van der Waals surface area contributed by atoms with E-state index >= 15 is 0 Å². The zero-order valence-electron chi connectivity index (χ0n) is 8.03. The molecule has 0 radical (unpaired) electrons. The van der Waals surface area contributed by atoms with Crippen LogP contribution in [0.25, 0.3) is 11.6 Å². The van der Waals surface area contributed by atoms with E-state index in [1.807, 2.05) is 0 Å². The normalized spacial score (nSPS) is 10.2. The fourth-order valence-electron chi connectivity index (χ4n) is 0.984. The molecule has 0 aliphatic carbocycles. The summed E-state index contributed by atoms with van der Waals surface area (Å²) >= 11 is 0.976. The van der Waals surface area contributed by atoms with Gasteiger partial charge in [0.1, 0.15) is 11.4 Å². The van der Waals surface area contributed by atoms with Crippen LogP contribution < -0.4 is 0 Å². The van der Waals surface area contributed by atoms with Crippen molar-refractivity contribution in [1.29, 1.82) is 0 Å². The van der Waals surface area contributed by atoms with Crippen molar-refractivity contribution in [1.82, 2.24) is 15.2 Å². The van der Waals surface area contributed by atoms with Crippen LogP contribution in [0.2, 0.25) is 0 Å². The molecular formula is C9H7N3O3S. The number of pyridine rings is 1. The average Bonchev–Trinajstić information content (AvgIpc) is 2.76. The first-order chi connectivity index (χ1) is 7.75. The van der Waals surface area contributed by atoms with Crippen molar-refractivity contribution in [2.75, 3.05) is 5.75 Å². The number of carbonyl (C=O) groups is 1. The highest BCUT2D eigenvalue weighted by Crippen LogP contribution is 2.20. The van der Waals surface area contributed by atoms with Gasteiger partial charge in [0.2, 0.25) is 0 Å². The molecule has 0 aliphatic heterocycles. The maximum atomic E-state index is 10.3. The molecule has 2 rings (SSSR count). The largest absolute Gasteiger partial charge is 0.481 e. The Hall–Kier alpha value is -1.89. The molecular weight excluding hydrogens is 230 g/mol. The summed E-state index contributed by atoms with van der Waals surface area (Å²) in [7, 11) is 0. The van der Waals surface area contributed by atoms with Gasteiger partial charge in [-0.25, -0.2) is 0 Å². The molecule has 16 heavy (non-hydrogen) atoms. The highest BCUT2D eigenvalue weighted by molar-refractivity contribution is 7.99. The quantitative estimate of drug-likeness (QED) is 0.801. The Bertz CT molecular complexity index is 486. The van der Waals surface area contributed by atoms with E-state index in [0.717, 1.165) is 11.8 Å². The average molecular weight is 237 g/mol. The summed E-state index contributed by atoms with van der Waals surface area (Å²) in [5, 5.41) is 16.2. The lowest BCUT2D eigenvalue weighted by molar-refractivity contribution is -0.133. The Morgan fingerprint density at radius 1 is 1.44 bits per heavy atom. The standard InChI is InChI=1S/C9H7N3O3S/c13-7(14)5-16-9-12-11-8(15-9)6-3-1-2-4-10-6/h1-4H,5H2,(H,13,14). The smallest absolute Gasteiger partial charge is 0.314 e. The predicted molar refractivity (Wildman–Crippen MR) is 55.9 cm³/mol. The fourth-order valence-corrected chi connectivity index (χ4v) is 1.47. The second-order valence-electron chi connectivity index (χ2n) is 2.77. The number of rotatable bonds is 4. The van der Waals surface area contributed by atoms with E-state index < -0.39 is 5.97 Å². The lowest BCUT2D eigenvalue weighted by Crippen LogP contribution is -1.97. The molecule has 1 N–H and O–H groups in total. The zero-order chi connectivity index (χ0) is 11.4. The molecule has 0 amide bonds. The van der Waals surface area contributed by atoms with Crippen molar-refractivity contribution in [2.45, 2.75) is 5.22 Å². The third-order valence-electron chi connectivity index (χ3n) is 1.61. The fraction of sp³-hybridized carbons (Fsp3) is 0.111. The van der Waals surface area contributed by atoms with Crippen LogP contribution >= 0.6 is 11.8 Å². The van der Waals surface area contributed by atoms with Gasteiger partial charge in [0.15, 0.2) is 0 Å². The third kappa shape index (κ3) is 2.57. The molecule has 6 nitrogen and oxygen atoms in total. The Morgan fingerprint density at radius 3 is 3.00 bits per heavy atom. The minimum atomic E-state index is -0.928. The highest BCUT2D eigenvalue weighted by Gasteiger charge is 2.10. The topological polar surface area (TPSA) is 89.1 Å². The first-order valence-corrected chi connectivity index (χ1v) is 5.34. The zero-order valence-corrected chi connectivity index (χ0v) is 8.85. The molecule has 0 bridgehead atoms. The van der Waals surface area contributed by atoms with Gasteiger partial charge in [0.25, 0.3) is 11.1 Å². The molecule has 0 aliphatic rings. The van der Waals surface area contributed by atoms with E-state index in [2.05, 4.69) is 15.2 Å². The van der Waals surface area contributed by atoms with E-state index in [0.29, 0.717) is 5.69 Å². The van der Waals surface area contributed by atoms with Crippen LogP contribution in [0.5, 0.6) is 0 Å². The van der Waals surface area contributed by atoms with Gasteiger partial charge in [-0.05, 0) is 12.1 Å². The van der Waals surface area contributed by atoms with E-state index in [9.17, 15) is 4.79 Å². The van der Waals surface area contributed by atoms with Crippen LogP contribution in [0.15, 0.2) is 34.0 Å². The summed E-state index contributed by atoms with van der Waals surface area (Å²) in [5.74, 6) is -0.750. The monoisotopic (exact) mass is 237 g/mol. The van der Waals surface area contributed by atoms with Gasteiger partial charge in [-0.1, -0.05) is 17.8 Å². The SMILES string of the molecule is O=C(O)CSc1nnc(-c2ccccn2)o1. The Morgan fingerprint density at radius 2 is 2.31 bits per heavy atom. The molecule has 0 atom stereocenters. The summed E-state index contributed by atoms with van der Waals surface area (Å²) < 4.78 is 5.24. The maximum Gasteiger partial charge on any atom is 0.314 e. The van der Waals surface area contributed by atoms with E-state index in [4.69, 9.17) is 9.52 Å². The number of carboxylic acids is 1. The predicted octanol–water partition coefficient (Wildman–Crippen LogP) is 1.31. The van der Waals surface area contributed by atoms with Crippen LogP contribution in [-0.4, -0.2) is 32.0 Å². The molecule has 0 saturated heterocycles. The van der Waals surface area contributed by atoms with Gasteiger partial charge in [0.05, 0.1) is 0 Å². The first kappa shape index (κ1) is 10.6. The number of aromatic nitrogens is 3. The van der Waals surface area contributed by atoms with Crippen molar-refractivity contribution in [3.63, 3.8) is 0 Å². The second kappa shape index (κ2) is 4.75. The first-order valence-electron chi connectivity index (χ1n) is 4.35. The van der Waals surface area contributed by atoms with Gasteiger partial charge < -0.3 is 9.52 Å². The van der Waals surface area contributed by atoms with Crippen molar-refractivity contribution in [3.05, 3.63) is 24.4 Å². The third-order valence-corrected chi connectivity index (χ3v) is 2.41. The van der Waals surface area contributed by atoms with Crippen molar-refractivity contribution < 1.29 is 14.3 Å². The van der Waals surface area contributed by atoms with Crippen LogP contribution in [-0.2, 0) is 4.79 Å². The molecule has 2 heterocycles. The number of hydrogen-bond donors (Lipinski definition) is 1. The molecule has 7 heteroatoms. The van der Waals surface area contributed by atoms with E-state index in [1.54, 1.807) is 24.4 Å². The molecule has 2 aromatic heterocycles. The van der Waals surface area contributed by atoms with Gasteiger partial charge in [-0.2, -0.15) is 0 Å². The molecule has 0 fully saturated rings. The van der Waals surface area contributed by atoms with E-state index in [-0.39, 0.29) is 16.9 Å². The summed E-state index contributed by atoms with van der Waals surface area (Å²) in [6.45, 7) is 0. The number of thioether (sulfide) groups is 1. The second-order valence-corrected chi connectivity index (χ2v) is 3.70. The number of nitrogens with zero attached hydrogens (tertiary/aromatic N) is 3. The maximum absolute atomic E-state index is 10.3. The summed E-state index contributed by atoms with van der Waals surface area (Å²) in [6, 6.07) is 5.32. The highest BCUT2D eigenvalue weighted by atomic mass is 32.2. The lowest BCUT2D eigenvalue weighted by Gasteiger charge is -1.91. The molecule has 0 spiro atoms. The van der Waals surface area contributed by atoms with Crippen molar-refractivity contribution in [2.24, 2.45) is 0 Å². The van der Waals surface area contributed by atoms with Crippen LogP contribution in [0.4, 0.5) is 0 Å². The van der Waals surface area contributed by atoms with Gasteiger partial charge in [-0.15, -0.1) is 10.2 Å². The minimum absolute atomic E-state index is 0.107. The van der Waals surface area contributed by atoms with Gasteiger partial charge in [-0.3, -0.25) is 9.78 Å². The summed E-state index contributed by atoms with van der Waals surface area (Å²) in [4.78, 5) is 14.4. The number of aliphatic carboxylic acids is 1. The Kier molecular flexibility index (Phi) is 3.16. The lowest BCUT2D eigenvalue weighted by atomic mass is 10.3. The Balaban J connectivity index is 2.11. The molecule has 0 unspecified atom stereocenters. The minimum Gasteiger partial charge on any atom is -0.481 e. The van der Waals surface area contributed by atoms with Crippen LogP contribution in [0.1, 0.15) is 0 Å². The Labute approximate surface area is 94.7 Å². The van der Waals surface area contributed by atoms with Gasteiger partial charge >= 0.3 is 5.97 Å². The molecule has 0 saturated carbocycles. The molecule has 82 valence electrons. The van der Waals surface area contributed by atoms with Crippen molar-refractivity contribution in [3.8, 4) is 11.6 Å². The number of hydrogen-bond acceptors (Lipinski definition) is 6. The van der Waals surface area contributed by atoms with Gasteiger partial charge in [0, 0.05) is 6.20 Å².